The van der Waals surface area contributed by atoms with Crippen LogP contribution in [0.15, 0.2) is 12.2 Å². The lowest BCUT2D eigenvalue weighted by Gasteiger charge is -2.72. The van der Waals surface area contributed by atoms with Crippen molar-refractivity contribution in [1.82, 2.24) is 0 Å². The molecule has 5 aliphatic rings. The summed E-state index contributed by atoms with van der Waals surface area (Å²) in [6.07, 6.45) is 20.1. The highest BCUT2D eigenvalue weighted by atomic mass is 16.5. The maximum Gasteiger partial charge on any atom is 0.305 e. The van der Waals surface area contributed by atoms with Crippen molar-refractivity contribution in [3.05, 3.63) is 12.2 Å². The van der Waals surface area contributed by atoms with Crippen LogP contribution in [0.3, 0.4) is 0 Å². The summed E-state index contributed by atoms with van der Waals surface area (Å²) in [5.41, 5.74) is 3.33. The number of unbranched alkanes of at least 4 members (excludes halogenated alkanes) is 3. The molecule has 0 aliphatic heterocycles. The van der Waals surface area contributed by atoms with E-state index in [1.165, 1.54) is 89.0 Å². The van der Waals surface area contributed by atoms with Gasteiger partial charge in [0.25, 0.3) is 0 Å². The van der Waals surface area contributed by atoms with Crippen LogP contribution in [0.25, 0.3) is 0 Å². The molecular weight excluding hydrogens is 476 g/mol. The number of ether oxygens (including phenoxy) is 1. The molecule has 5 aliphatic carbocycles. The Morgan fingerprint density at radius 1 is 0.821 bits per heavy atom. The zero-order valence-electron chi connectivity index (χ0n) is 26.9. The minimum Gasteiger partial charge on any atom is -0.465 e. The van der Waals surface area contributed by atoms with E-state index >= 15 is 0 Å². The minimum absolute atomic E-state index is 0.0492. The summed E-state index contributed by atoms with van der Waals surface area (Å²) in [6, 6.07) is 0. The highest BCUT2D eigenvalue weighted by Gasteiger charge is 2.70. The summed E-state index contributed by atoms with van der Waals surface area (Å²) in [4.78, 5) is 12.8. The van der Waals surface area contributed by atoms with Crippen molar-refractivity contribution in [3.63, 3.8) is 0 Å². The van der Waals surface area contributed by atoms with Crippen LogP contribution in [0.2, 0.25) is 0 Å². The Hall–Kier alpha value is -0.790. The fourth-order valence-electron chi connectivity index (χ4n) is 12.6. The standard InChI is InChI=1S/C37H62O2/c1-9-10-11-12-14-31(38)39-25-37-22-17-27(26(2)3)32(37)28-15-16-30-34(6)20-13-19-33(4,5)29(34)18-21-36(30,8)35(28,7)23-24-37/h27-30,32H,2,9-25H2,1,3-8H3/t27-,28+,29-,30+,32+,34-,35+,36+,37+/m0/s1. The van der Waals surface area contributed by atoms with Gasteiger partial charge in [0, 0.05) is 11.8 Å². The maximum atomic E-state index is 12.8. The highest BCUT2D eigenvalue weighted by molar-refractivity contribution is 5.69. The number of hydrogen-bond donors (Lipinski definition) is 0. The third-order valence-corrected chi connectivity index (χ3v) is 14.7. The van der Waals surface area contributed by atoms with Gasteiger partial charge in [-0.05, 0) is 129 Å². The van der Waals surface area contributed by atoms with Gasteiger partial charge in [-0.2, -0.15) is 0 Å². The van der Waals surface area contributed by atoms with Crippen LogP contribution in [0, 0.1) is 56.7 Å². The first-order valence-corrected chi connectivity index (χ1v) is 17.2. The van der Waals surface area contributed by atoms with E-state index in [1.54, 1.807) is 0 Å². The lowest BCUT2D eigenvalue weighted by atomic mass is 9.32. The average Bonchev–Trinajstić information content (AvgIpc) is 3.25. The Balaban J connectivity index is 1.40. The molecule has 0 amide bonds. The van der Waals surface area contributed by atoms with E-state index in [-0.39, 0.29) is 11.4 Å². The minimum atomic E-state index is 0.0492. The second-order valence-corrected chi connectivity index (χ2v) is 16.9. The summed E-state index contributed by atoms with van der Waals surface area (Å²) in [7, 11) is 0. The van der Waals surface area contributed by atoms with Gasteiger partial charge in [-0.3, -0.25) is 4.79 Å². The zero-order valence-corrected chi connectivity index (χ0v) is 26.9. The molecule has 2 nitrogen and oxygen atoms in total. The largest absolute Gasteiger partial charge is 0.465 e. The molecule has 5 fully saturated rings. The van der Waals surface area contributed by atoms with E-state index in [4.69, 9.17) is 4.74 Å². The van der Waals surface area contributed by atoms with E-state index in [2.05, 4.69) is 55.0 Å². The predicted octanol–water partition coefficient (Wildman–Crippen LogP) is 10.5. The fraction of sp³-hybridized carbons (Fsp3) is 0.919. The van der Waals surface area contributed by atoms with E-state index in [0.29, 0.717) is 46.5 Å². The van der Waals surface area contributed by atoms with Gasteiger partial charge in [0.2, 0.25) is 0 Å². The van der Waals surface area contributed by atoms with Crippen molar-refractivity contribution in [1.29, 1.82) is 0 Å². The van der Waals surface area contributed by atoms with Crippen LogP contribution >= 0.6 is 0 Å². The molecule has 0 radical (unpaired) electrons. The first-order valence-electron chi connectivity index (χ1n) is 17.2. The van der Waals surface area contributed by atoms with Crippen molar-refractivity contribution >= 4 is 5.97 Å². The molecule has 0 unspecified atom stereocenters. The molecule has 0 N–H and O–H groups in total. The molecule has 39 heavy (non-hydrogen) atoms. The molecule has 5 saturated carbocycles. The van der Waals surface area contributed by atoms with Gasteiger partial charge in [-0.15, -0.1) is 0 Å². The summed E-state index contributed by atoms with van der Waals surface area (Å²) in [5, 5.41) is 0. The SMILES string of the molecule is C=C(C)[C@@H]1CC[C@]2(COC(=O)CCCCCC)CC[C@]3(C)[C@H](CC[C@@H]4[C@@]5(C)CCCC(C)(C)[C@@H]5CC[C@]43C)[C@@H]12. The highest BCUT2D eigenvalue weighted by Crippen LogP contribution is 2.77. The summed E-state index contributed by atoms with van der Waals surface area (Å²) >= 11 is 0. The average molecular weight is 539 g/mol. The zero-order chi connectivity index (χ0) is 28.3. The molecule has 0 aromatic rings. The number of hydrogen-bond acceptors (Lipinski definition) is 2. The van der Waals surface area contributed by atoms with Gasteiger partial charge >= 0.3 is 5.97 Å². The normalized spacial score (nSPS) is 46.4. The van der Waals surface area contributed by atoms with Gasteiger partial charge in [0.15, 0.2) is 0 Å². The maximum absolute atomic E-state index is 12.8. The lowest BCUT2D eigenvalue weighted by Crippen LogP contribution is -2.65. The van der Waals surface area contributed by atoms with E-state index in [0.717, 1.165) is 30.6 Å². The number of carbonyl (C=O) groups excluding carboxylic acids is 1. The Labute approximate surface area is 241 Å². The van der Waals surface area contributed by atoms with Crippen LogP contribution < -0.4 is 0 Å². The third kappa shape index (κ3) is 4.59. The Morgan fingerprint density at radius 3 is 2.31 bits per heavy atom. The quantitative estimate of drug-likeness (QED) is 0.174. The lowest BCUT2D eigenvalue weighted by molar-refractivity contribution is -0.239. The van der Waals surface area contributed by atoms with Gasteiger partial charge in [0.05, 0.1) is 6.61 Å². The number of carbonyl (C=O) groups is 1. The molecule has 0 saturated heterocycles. The first kappa shape index (κ1) is 29.7. The number of fused-ring (bicyclic) bond motifs is 7. The number of rotatable bonds is 8. The van der Waals surface area contributed by atoms with E-state index in [9.17, 15) is 4.79 Å². The molecule has 9 atom stereocenters. The van der Waals surface area contributed by atoms with Gasteiger partial charge < -0.3 is 4.74 Å². The van der Waals surface area contributed by atoms with Crippen molar-refractivity contribution in [2.45, 2.75) is 151 Å². The van der Waals surface area contributed by atoms with Crippen LogP contribution in [-0.4, -0.2) is 12.6 Å². The molecule has 222 valence electrons. The van der Waals surface area contributed by atoms with Crippen LogP contribution in [0.1, 0.15) is 151 Å². The number of allylic oxidation sites excluding steroid dienone is 1. The van der Waals surface area contributed by atoms with Crippen molar-refractivity contribution in [3.8, 4) is 0 Å². The fourth-order valence-corrected chi connectivity index (χ4v) is 12.6. The Morgan fingerprint density at radius 2 is 1.59 bits per heavy atom. The van der Waals surface area contributed by atoms with Crippen molar-refractivity contribution in [2.75, 3.05) is 6.61 Å². The predicted molar refractivity (Wildman–Crippen MR) is 163 cm³/mol. The molecule has 0 aromatic carbocycles. The second-order valence-electron chi connectivity index (χ2n) is 16.9. The molecule has 5 rings (SSSR count). The molecular formula is C37H62O2. The summed E-state index contributed by atoms with van der Waals surface area (Å²) in [6.45, 7) is 23.1. The summed E-state index contributed by atoms with van der Waals surface area (Å²) < 4.78 is 6.18. The van der Waals surface area contributed by atoms with Gasteiger partial charge in [-0.25, -0.2) is 0 Å². The van der Waals surface area contributed by atoms with Crippen molar-refractivity contribution in [2.24, 2.45) is 56.7 Å². The van der Waals surface area contributed by atoms with Crippen LogP contribution in [0.5, 0.6) is 0 Å². The first-order chi connectivity index (χ1) is 18.3. The Bertz CT molecular complexity index is 934. The van der Waals surface area contributed by atoms with Crippen molar-refractivity contribution < 1.29 is 9.53 Å². The van der Waals surface area contributed by atoms with E-state index < -0.39 is 0 Å². The molecule has 0 aromatic heterocycles. The smallest absolute Gasteiger partial charge is 0.305 e. The van der Waals surface area contributed by atoms with Crippen LogP contribution in [-0.2, 0) is 9.53 Å². The van der Waals surface area contributed by atoms with Crippen LogP contribution in [0.4, 0.5) is 0 Å². The molecule has 2 heteroatoms. The second kappa shape index (κ2) is 10.5. The monoisotopic (exact) mass is 538 g/mol. The number of esters is 1. The Kier molecular flexibility index (Phi) is 7.98. The molecule has 0 spiro atoms. The van der Waals surface area contributed by atoms with E-state index in [1.807, 2.05) is 0 Å². The summed E-state index contributed by atoms with van der Waals surface area (Å²) in [5.74, 6) is 3.74. The van der Waals surface area contributed by atoms with Gasteiger partial charge in [-0.1, -0.05) is 79.4 Å². The molecule has 0 bridgehead atoms. The van der Waals surface area contributed by atoms with Gasteiger partial charge in [0.1, 0.15) is 0 Å². The molecule has 0 heterocycles. The topological polar surface area (TPSA) is 26.3 Å². The third-order valence-electron chi connectivity index (χ3n) is 14.7.